The molecule has 19 heavy (non-hydrogen) atoms. The summed E-state index contributed by atoms with van der Waals surface area (Å²) >= 11 is 1.30. The minimum atomic E-state index is -3.29. The molecule has 0 saturated carbocycles. The summed E-state index contributed by atoms with van der Waals surface area (Å²) < 4.78 is 27.4. The van der Waals surface area contributed by atoms with Gasteiger partial charge in [-0.2, -0.15) is 4.31 Å². The van der Waals surface area contributed by atoms with Crippen molar-refractivity contribution >= 4 is 21.4 Å². The van der Waals surface area contributed by atoms with E-state index >= 15 is 0 Å². The molecule has 0 N–H and O–H groups in total. The Balaban J connectivity index is 1.84. The van der Waals surface area contributed by atoms with Gasteiger partial charge in [-0.15, -0.1) is 17.9 Å². The van der Waals surface area contributed by atoms with Crippen LogP contribution in [0.3, 0.4) is 0 Å². The van der Waals surface area contributed by atoms with Gasteiger partial charge >= 0.3 is 0 Å². The second kappa shape index (κ2) is 5.01. The van der Waals surface area contributed by atoms with Gasteiger partial charge in [-0.05, 0) is 24.3 Å². The third-order valence-electron chi connectivity index (χ3n) is 4.06. The van der Waals surface area contributed by atoms with Gasteiger partial charge < -0.3 is 0 Å². The highest BCUT2D eigenvalue weighted by Gasteiger charge is 2.47. The zero-order valence-electron chi connectivity index (χ0n) is 10.7. The summed E-state index contributed by atoms with van der Waals surface area (Å²) in [4.78, 5) is 2.35. The molecule has 4 nitrogen and oxygen atoms in total. The zero-order chi connectivity index (χ0) is 13.5. The minimum Gasteiger partial charge on any atom is -0.295 e. The Kier molecular flexibility index (Phi) is 3.51. The van der Waals surface area contributed by atoms with Crippen molar-refractivity contribution in [2.75, 3.05) is 19.6 Å². The van der Waals surface area contributed by atoms with Crippen molar-refractivity contribution < 1.29 is 8.42 Å². The predicted octanol–water partition coefficient (Wildman–Crippen LogP) is 1.77. The van der Waals surface area contributed by atoms with Crippen molar-refractivity contribution in [3.05, 3.63) is 30.2 Å². The first-order valence-electron chi connectivity index (χ1n) is 6.55. The number of likely N-dealkylation sites (tertiary alicyclic amines) is 1. The number of thiophene rings is 1. The second-order valence-corrected chi connectivity index (χ2v) is 8.11. The monoisotopic (exact) mass is 298 g/mol. The molecule has 0 radical (unpaired) electrons. The first-order valence-corrected chi connectivity index (χ1v) is 8.87. The molecule has 104 valence electrons. The van der Waals surface area contributed by atoms with Gasteiger partial charge in [0.2, 0.25) is 0 Å². The van der Waals surface area contributed by atoms with E-state index in [1.54, 1.807) is 16.4 Å². The van der Waals surface area contributed by atoms with Gasteiger partial charge in [0.15, 0.2) is 0 Å². The number of hydrogen-bond donors (Lipinski definition) is 0. The number of nitrogens with zero attached hydrogens (tertiary/aromatic N) is 2. The summed E-state index contributed by atoms with van der Waals surface area (Å²) in [7, 11) is -3.29. The van der Waals surface area contributed by atoms with Crippen LogP contribution in [0, 0.1) is 0 Å². The fourth-order valence-corrected chi connectivity index (χ4v) is 6.07. The van der Waals surface area contributed by atoms with Crippen LogP contribution < -0.4 is 0 Å². The molecule has 0 aliphatic carbocycles. The van der Waals surface area contributed by atoms with Crippen LogP contribution in [0.2, 0.25) is 0 Å². The molecule has 2 aliphatic rings. The molecule has 0 spiro atoms. The summed E-state index contributed by atoms with van der Waals surface area (Å²) in [6.45, 7) is 6.24. The maximum Gasteiger partial charge on any atom is 0.252 e. The van der Waals surface area contributed by atoms with E-state index in [0.717, 1.165) is 25.9 Å². The van der Waals surface area contributed by atoms with Crippen LogP contribution in [0.15, 0.2) is 34.4 Å². The van der Waals surface area contributed by atoms with Crippen LogP contribution in [0.25, 0.3) is 0 Å². The van der Waals surface area contributed by atoms with Crippen LogP contribution in [0.1, 0.15) is 12.8 Å². The Morgan fingerprint density at radius 1 is 1.37 bits per heavy atom. The van der Waals surface area contributed by atoms with E-state index in [4.69, 9.17) is 0 Å². The molecule has 0 unspecified atom stereocenters. The van der Waals surface area contributed by atoms with Gasteiger partial charge in [0.05, 0.1) is 0 Å². The molecule has 3 rings (SSSR count). The van der Waals surface area contributed by atoms with Gasteiger partial charge in [-0.25, -0.2) is 8.42 Å². The van der Waals surface area contributed by atoms with Gasteiger partial charge in [0, 0.05) is 31.7 Å². The topological polar surface area (TPSA) is 40.6 Å². The normalized spacial score (nSPS) is 28.6. The lowest BCUT2D eigenvalue weighted by atomic mass is 10.1. The average Bonchev–Trinajstić information content (AvgIpc) is 3.06. The summed E-state index contributed by atoms with van der Waals surface area (Å²) in [6.07, 6.45) is 3.77. The Morgan fingerprint density at radius 3 is 2.84 bits per heavy atom. The Hall–Kier alpha value is -0.690. The second-order valence-electron chi connectivity index (χ2n) is 5.04. The Bertz CT molecular complexity index is 553. The van der Waals surface area contributed by atoms with Crippen molar-refractivity contribution in [1.29, 1.82) is 0 Å². The summed E-state index contributed by atoms with van der Waals surface area (Å²) in [6, 6.07) is 4.01. The first kappa shape index (κ1) is 13.3. The maximum atomic E-state index is 12.6. The van der Waals surface area contributed by atoms with Gasteiger partial charge in [-0.1, -0.05) is 12.1 Å². The quantitative estimate of drug-likeness (QED) is 0.796. The molecule has 3 heterocycles. The van der Waals surface area contributed by atoms with E-state index < -0.39 is 10.0 Å². The van der Waals surface area contributed by atoms with Crippen LogP contribution in [0.4, 0.5) is 0 Å². The highest BCUT2D eigenvalue weighted by molar-refractivity contribution is 7.91. The van der Waals surface area contributed by atoms with E-state index in [9.17, 15) is 8.42 Å². The van der Waals surface area contributed by atoms with Crippen molar-refractivity contribution in [2.24, 2.45) is 0 Å². The van der Waals surface area contributed by atoms with E-state index in [-0.39, 0.29) is 6.04 Å². The van der Waals surface area contributed by atoms with Crippen LogP contribution in [0.5, 0.6) is 0 Å². The number of fused-ring (bicyclic) bond motifs is 1. The van der Waals surface area contributed by atoms with E-state index in [1.165, 1.54) is 11.3 Å². The summed E-state index contributed by atoms with van der Waals surface area (Å²) in [5.74, 6) is 0. The number of sulfonamides is 1. The third kappa shape index (κ3) is 2.16. The zero-order valence-corrected chi connectivity index (χ0v) is 12.4. The fraction of sp³-hybridized carbons (Fsp3) is 0.538. The smallest absolute Gasteiger partial charge is 0.252 e. The van der Waals surface area contributed by atoms with Crippen LogP contribution >= 0.6 is 11.3 Å². The van der Waals surface area contributed by atoms with Gasteiger partial charge in [0.1, 0.15) is 4.21 Å². The SMILES string of the molecule is C=CCN1CC[C@H]2[C@@H]1CCN2S(=O)(=O)c1cccs1. The highest BCUT2D eigenvalue weighted by Crippen LogP contribution is 2.36. The van der Waals surface area contributed by atoms with Gasteiger partial charge in [-0.3, -0.25) is 4.90 Å². The first-order chi connectivity index (χ1) is 9.14. The molecule has 1 aromatic heterocycles. The third-order valence-corrected chi connectivity index (χ3v) is 7.36. The molecular formula is C13H18N2O2S2. The fourth-order valence-electron chi connectivity index (χ4n) is 3.25. The molecule has 1 aromatic rings. The Morgan fingerprint density at radius 2 is 2.16 bits per heavy atom. The minimum absolute atomic E-state index is 0.145. The largest absolute Gasteiger partial charge is 0.295 e. The van der Waals surface area contributed by atoms with Crippen molar-refractivity contribution in [3.63, 3.8) is 0 Å². The standard InChI is InChI=1S/C13H18N2O2S2/c1-2-7-14-8-5-12-11(14)6-9-15(12)19(16,17)13-4-3-10-18-13/h2-4,10-12H,1,5-9H2/t11-,12-/m0/s1. The van der Waals surface area contributed by atoms with Crippen molar-refractivity contribution in [2.45, 2.75) is 29.1 Å². The van der Waals surface area contributed by atoms with Crippen LogP contribution in [-0.2, 0) is 10.0 Å². The average molecular weight is 298 g/mol. The van der Waals surface area contributed by atoms with E-state index in [0.29, 0.717) is 16.8 Å². The van der Waals surface area contributed by atoms with Crippen molar-refractivity contribution in [3.8, 4) is 0 Å². The summed E-state index contributed by atoms with van der Waals surface area (Å²) in [5.41, 5.74) is 0. The lowest BCUT2D eigenvalue weighted by Crippen LogP contribution is -2.39. The van der Waals surface area contributed by atoms with E-state index in [2.05, 4.69) is 11.5 Å². The Labute approximate surface area is 118 Å². The lowest BCUT2D eigenvalue weighted by molar-refractivity contribution is 0.273. The molecule has 0 bridgehead atoms. The van der Waals surface area contributed by atoms with E-state index in [1.807, 2.05) is 11.5 Å². The molecule has 6 heteroatoms. The molecular weight excluding hydrogens is 280 g/mol. The molecule has 0 aromatic carbocycles. The lowest BCUT2D eigenvalue weighted by Gasteiger charge is -2.24. The van der Waals surface area contributed by atoms with Gasteiger partial charge in [0.25, 0.3) is 10.0 Å². The molecule has 2 saturated heterocycles. The number of hydrogen-bond acceptors (Lipinski definition) is 4. The molecule has 0 amide bonds. The summed E-state index contributed by atoms with van der Waals surface area (Å²) in [5, 5.41) is 1.82. The maximum absolute atomic E-state index is 12.6. The molecule has 2 fully saturated rings. The molecule has 2 atom stereocenters. The number of rotatable bonds is 4. The molecule has 2 aliphatic heterocycles. The van der Waals surface area contributed by atoms with Crippen LogP contribution in [-0.4, -0.2) is 49.3 Å². The van der Waals surface area contributed by atoms with Crippen molar-refractivity contribution in [1.82, 2.24) is 9.21 Å². The highest BCUT2D eigenvalue weighted by atomic mass is 32.2. The predicted molar refractivity (Wildman–Crippen MR) is 76.8 cm³/mol.